The van der Waals surface area contributed by atoms with E-state index in [0.29, 0.717) is 5.92 Å². The molecule has 0 saturated heterocycles. The van der Waals surface area contributed by atoms with Crippen LogP contribution in [0.1, 0.15) is 13.8 Å². The fourth-order valence-electron chi connectivity index (χ4n) is 0.282. The first-order valence-electron chi connectivity index (χ1n) is 2.55. The Hall–Kier alpha value is -0.840. The van der Waals surface area contributed by atoms with Crippen molar-refractivity contribution in [2.75, 3.05) is 6.54 Å². The molecule has 0 rings (SSSR count). The number of rotatable bonds is 1. The molecule has 0 aliphatic carbocycles. The first-order valence-corrected chi connectivity index (χ1v) is 2.55. The highest BCUT2D eigenvalue weighted by Crippen LogP contribution is 1.84. The molecule has 0 aromatic heterocycles. The maximum absolute atomic E-state index is 9.43. The van der Waals surface area contributed by atoms with Crippen LogP contribution in [0.25, 0.3) is 0 Å². The summed E-state index contributed by atoms with van der Waals surface area (Å²) in [5.74, 6) is 5.75. The zero-order valence-corrected chi connectivity index (χ0v) is 5.14. The molecule has 2 nitrogen and oxygen atoms in total. The maximum atomic E-state index is 9.43. The number of hydrogen-bond acceptors (Lipinski definition) is 2. The van der Waals surface area contributed by atoms with Crippen molar-refractivity contribution < 1.29 is 0 Å². The van der Waals surface area contributed by atoms with Crippen LogP contribution in [-0.2, 0) is 0 Å². The Bertz CT molecular complexity index is 118. The van der Waals surface area contributed by atoms with E-state index in [4.69, 9.17) is 0 Å². The van der Waals surface area contributed by atoms with Crippen molar-refractivity contribution in [2.45, 2.75) is 13.8 Å². The third-order valence-corrected chi connectivity index (χ3v) is 0.534. The van der Waals surface area contributed by atoms with Gasteiger partial charge in [-0.2, -0.15) is 0 Å². The van der Waals surface area contributed by atoms with E-state index in [-0.39, 0.29) is 6.54 Å². The molecule has 0 unspecified atom stereocenters. The van der Waals surface area contributed by atoms with Crippen molar-refractivity contribution in [3.63, 3.8) is 0 Å². The van der Waals surface area contributed by atoms with Crippen molar-refractivity contribution in [3.8, 4) is 11.8 Å². The molecular formula is C6H9NO. The summed E-state index contributed by atoms with van der Waals surface area (Å²) >= 11 is 0. The van der Waals surface area contributed by atoms with Gasteiger partial charge < -0.3 is 0 Å². The predicted molar refractivity (Wildman–Crippen MR) is 33.3 cm³/mol. The lowest BCUT2D eigenvalue weighted by atomic mass is 10.2. The van der Waals surface area contributed by atoms with Crippen LogP contribution in [0.4, 0.5) is 0 Å². The Kier molecular flexibility index (Phi) is 3.87. The molecule has 0 aliphatic heterocycles. The molecule has 0 bridgehead atoms. The second-order valence-electron chi connectivity index (χ2n) is 1.76. The Balaban J connectivity index is 3.34. The number of nitroso groups, excluding NO2 is 1. The molecule has 44 valence electrons. The normalized spacial score (nSPS) is 7.88. The van der Waals surface area contributed by atoms with E-state index in [2.05, 4.69) is 17.0 Å². The van der Waals surface area contributed by atoms with E-state index in [1.807, 2.05) is 13.8 Å². The van der Waals surface area contributed by atoms with Gasteiger partial charge in [0, 0.05) is 5.92 Å². The Labute approximate surface area is 49.3 Å². The zero-order valence-electron chi connectivity index (χ0n) is 5.14. The summed E-state index contributed by atoms with van der Waals surface area (Å²) in [6.45, 7) is 4.06. The first kappa shape index (κ1) is 7.16. The smallest absolute Gasteiger partial charge is 0.142 e. The van der Waals surface area contributed by atoms with Crippen LogP contribution in [-0.4, -0.2) is 6.54 Å². The van der Waals surface area contributed by atoms with Gasteiger partial charge in [-0.3, -0.25) is 0 Å². The second-order valence-corrected chi connectivity index (χ2v) is 1.76. The van der Waals surface area contributed by atoms with Crippen LogP contribution < -0.4 is 0 Å². The summed E-state index contributed by atoms with van der Waals surface area (Å²) in [5, 5.41) is 2.58. The highest BCUT2D eigenvalue weighted by Gasteiger charge is 1.78. The Morgan fingerprint density at radius 3 is 2.62 bits per heavy atom. The van der Waals surface area contributed by atoms with Gasteiger partial charge in [-0.15, -0.1) is 4.91 Å². The third kappa shape index (κ3) is 5.16. The molecule has 0 aromatic rings. The summed E-state index contributed by atoms with van der Waals surface area (Å²) in [5.41, 5.74) is 0. The van der Waals surface area contributed by atoms with Crippen LogP contribution in [0.2, 0.25) is 0 Å². The van der Waals surface area contributed by atoms with Gasteiger partial charge in [-0.05, 0) is 0 Å². The highest BCUT2D eigenvalue weighted by atomic mass is 16.3. The van der Waals surface area contributed by atoms with E-state index >= 15 is 0 Å². The van der Waals surface area contributed by atoms with E-state index < -0.39 is 0 Å². The monoisotopic (exact) mass is 111 g/mol. The topological polar surface area (TPSA) is 29.4 Å². The molecule has 8 heavy (non-hydrogen) atoms. The van der Waals surface area contributed by atoms with Crippen LogP contribution in [0, 0.1) is 22.7 Å². The molecule has 0 amide bonds. The van der Waals surface area contributed by atoms with E-state index in [1.54, 1.807) is 0 Å². The lowest BCUT2D eigenvalue weighted by Gasteiger charge is -1.83. The van der Waals surface area contributed by atoms with E-state index in [1.165, 1.54) is 0 Å². The van der Waals surface area contributed by atoms with E-state index in [0.717, 1.165) is 0 Å². The third-order valence-electron chi connectivity index (χ3n) is 0.534. The van der Waals surface area contributed by atoms with Crippen molar-refractivity contribution in [1.82, 2.24) is 0 Å². The van der Waals surface area contributed by atoms with Gasteiger partial charge in [-0.1, -0.05) is 30.9 Å². The van der Waals surface area contributed by atoms with Gasteiger partial charge in [0.25, 0.3) is 0 Å². The average molecular weight is 111 g/mol. The Morgan fingerprint density at radius 1 is 1.62 bits per heavy atom. The summed E-state index contributed by atoms with van der Waals surface area (Å²) < 4.78 is 0. The zero-order chi connectivity index (χ0) is 6.41. The fourth-order valence-corrected chi connectivity index (χ4v) is 0.282. The predicted octanol–water partition coefficient (Wildman–Crippen LogP) is 1.41. The van der Waals surface area contributed by atoms with Crippen LogP contribution in [0.15, 0.2) is 5.18 Å². The molecule has 0 N–H and O–H groups in total. The molecule has 0 aliphatic rings. The maximum Gasteiger partial charge on any atom is 0.142 e. The fraction of sp³-hybridized carbons (Fsp3) is 0.667. The molecule has 0 saturated carbocycles. The summed E-state index contributed by atoms with van der Waals surface area (Å²) in [6, 6.07) is 0. The average Bonchev–Trinajstić information content (AvgIpc) is 1.66. The van der Waals surface area contributed by atoms with Gasteiger partial charge in [0.1, 0.15) is 6.54 Å². The van der Waals surface area contributed by atoms with Crippen molar-refractivity contribution in [1.29, 1.82) is 0 Å². The molecular weight excluding hydrogens is 102 g/mol. The lowest BCUT2D eigenvalue weighted by Crippen LogP contribution is -1.78. The molecule has 0 radical (unpaired) electrons. The van der Waals surface area contributed by atoms with Crippen molar-refractivity contribution in [3.05, 3.63) is 4.91 Å². The largest absolute Gasteiger partial charge is 0.150 e. The molecule has 0 spiro atoms. The SMILES string of the molecule is CC(C)C#CCN=O. The summed E-state index contributed by atoms with van der Waals surface area (Å²) in [7, 11) is 0. The highest BCUT2D eigenvalue weighted by molar-refractivity contribution is 5.02. The summed E-state index contributed by atoms with van der Waals surface area (Å²) in [6.07, 6.45) is 0. The van der Waals surface area contributed by atoms with Crippen LogP contribution >= 0.6 is 0 Å². The van der Waals surface area contributed by atoms with Gasteiger partial charge in [0.2, 0.25) is 0 Å². The number of hydrogen-bond donors (Lipinski definition) is 0. The lowest BCUT2D eigenvalue weighted by molar-refractivity contribution is 0.865. The quantitative estimate of drug-likeness (QED) is 0.371. The number of nitrogens with zero attached hydrogens (tertiary/aromatic N) is 1. The van der Waals surface area contributed by atoms with Crippen molar-refractivity contribution in [2.24, 2.45) is 11.1 Å². The standard InChI is InChI=1S/C6H9NO/c1-6(2)4-3-5-7-8/h6H,5H2,1-2H3. The van der Waals surface area contributed by atoms with Gasteiger partial charge >= 0.3 is 0 Å². The minimum absolute atomic E-state index is 0.123. The van der Waals surface area contributed by atoms with Crippen LogP contribution in [0.5, 0.6) is 0 Å². The second kappa shape index (κ2) is 4.32. The van der Waals surface area contributed by atoms with Gasteiger partial charge in [0.05, 0.1) is 0 Å². The van der Waals surface area contributed by atoms with Gasteiger partial charge in [-0.25, -0.2) is 0 Å². The van der Waals surface area contributed by atoms with Crippen molar-refractivity contribution >= 4 is 0 Å². The van der Waals surface area contributed by atoms with Gasteiger partial charge in [0.15, 0.2) is 0 Å². The molecule has 0 atom stereocenters. The molecule has 0 heterocycles. The minimum Gasteiger partial charge on any atom is -0.150 e. The molecule has 0 aromatic carbocycles. The summed E-state index contributed by atoms with van der Waals surface area (Å²) in [4.78, 5) is 9.43. The first-order chi connectivity index (χ1) is 3.77. The Morgan fingerprint density at radius 2 is 2.25 bits per heavy atom. The molecule has 2 heteroatoms. The molecule has 0 fully saturated rings. The van der Waals surface area contributed by atoms with E-state index in [9.17, 15) is 4.91 Å². The van der Waals surface area contributed by atoms with Crippen LogP contribution in [0.3, 0.4) is 0 Å². The minimum atomic E-state index is 0.123.